The van der Waals surface area contributed by atoms with Gasteiger partial charge in [0.1, 0.15) is 5.75 Å². The van der Waals surface area contributed by atoms with Gasteiger partial charge >= 0.3 is 6.18 Å². The van der Waals surface area contributed by atoms with E-state index in [4.69, 9.17) is 0 Å². The average Bonchev–Trinajstić information content (AvgIpc) is 2.61. The molecule has 1 aliphatic heterocycles. The van der Waals surface area contributed by atoms with Crippen molar-refractivity contribution >= 4 is 5.82 Å². The normalized spacial score (nSPS) is 17.7. The second-order valence-corrected chi connectivity index (χ2v) is 7.19. The van der Waals surface area contributed by atoms with Gasteiger partial charge in [0.05, 0.1) is 17.9 Å². The van der Waals surface area contributed by atoms with E-state index < -0.39 is 17.5 Å². The Morgan fingerprint density at radius 3 is 2.55 bits per heavy atom. The number of piperidine rings is 1. The highest BCUT2D eigenvalue weighted by Gasteiger charge is 2.32. The molecule has 1 aromatic heterocycles. The molecule has 2 aromatic rings. The first-order valence-corrected chi connectivity index (χ1v) is 9.02. The molecule has 1 atom stereocenters. The Labute approximate surface area is 166 Å². The van der Waals surface area contributed by atoms with Crippen LogP contribution in [0.25, 0.3) is 11.3 Å². The molecule has 1 fully saturated rings. The van der Waals surface area contributed by atoms with E-state index in [1.165, 1.54) is 13.0 Å². The number of phenolic OH excluding ortho intramolecular Hbond substituents is 1. The molecular weight excluding hydrogens is 389 g/mol. The summed E-state index contributed by atoms with van der Waals surface area (Å²) in [7, 11) is 2.03. The standard InChI is InChI=1S/C19H23F3N4O2.H2O/c1-11-6-13(19(20,21)22)8-16(28)17(11)15-7-12(10-27)18(25-24-15)23-14-4-3-5-26(2)9-14;/h6-8,14,27-28H,3-5,9-10H2,1-2H3,(H,23,25);1H2/t14-;/m1./s1. The molecule has 7 nitrogen and oxygen atoms in total. The maximum Gasteiger partial charge on any atom is 0.416 e. The van der Waals surface area contributed by atoms with Crippen LogP contribution in [0.4, 0.5) is 19.0 Å². The number of aromatic nitrogens is 2. The lowest BCUT2D eigenvalue weighted by molar-refractivity contribution is -0.137. The third-order valence-corrected chi connectivity index (χ3v) is 4.91. The largest absolute Gasteiger partial charge is 0.507 e. The quantitative estimate of drug-likeness (QED) is 0.708. The molecule has 1 aromatic carbocycles. The minimum Gasteiger partial charge on any atom is -0.507 e. The van der Waals surface area contributed by atoms with Crippen LogP contribution in [0.5, 0.6) is 5.75 Å². The van der Waals surface area contributed by atoms with Crippen LogP contribution in [-0.2, 0) is 12.8 Å². The Balaban J connectivity index is 0.00000300. The van der Waals surface area contributed by atoms with Gasteiger partial charge in [-0.3, -0.25) is 0 Å². The van der Waals surface area contributed by atoms with E-state index in [2.05, 4.69) is 20.4 Å². The number of nitrogens with one attached hydrogen (secondary N) is 1. The Bertz CT molecular complexity index is 838. The van der Waals surface area contributed by atoms with E-state index in [-0.39, 0.29) is 34.9 Å². The average molecular weight is 414 g/mol. The van der Waals surface area contributed by atoms with Crippen LogP contribution in [0.1, 0.15) is 29.5 Å². The molecule has 3 rings (SSSR count). The van der Waals surface area contributed by atoms with E-state index in [9.17, 15) is 23.4 Å². The number of anilines is 1. The molecule has 5 N–H and O–H groups in total. The summed E-state index contributed by atoms with van der Waals surface area (Å²) in [5, 5.41) is 31.4. The van der Waals surface area contributed by atoms with Crippen LogP contribution in [0, 0.1) is 6.92 Å². The first-order chi connectivity index (χ1) is 13.2. The van der Waals surface area contributed by atoms with Crippen LogP contribution in [0.3, 0.4) is 0 Å². The zero-order chi connectivity index (χ0) is 20.5. The number of aryl methyl sites for hydroxylation is 1. The number of likely N-dealkylation sites (tertiary alicyclic amines) is 1. The van der Waals surface area contributed by atoms with Crippen molar-refractivity contribution in [1.29, 1.82) is 0 Å². The summed E-state index contributed by atoms with van der Waals surface area (Å²) in [5.74, 6) is -0.0873. The minimum atomic E-state index is -4.55. The number of rotatable bonds is 4. The van der Waals surface area contributed by atoms with Crippen molar-refractivity contribution < 1.29 is 28.9 Å². The maximum atomic E-state index is 12.9. The van der Waals surface area contributed by atoms with Gasteiger partial charge in [-0.1, -0.05) is 0 Å². The molecule has 1 saturated heterocycles. The van der Waals surface area contributed by atoms with Crippen molar-refractivity contribution in [2.24, 2.45) is 0 Å². The lowest BCUT2D eigenvalue weighted by Gasteiger charge is -2.30. The molecule has 2 heterocycles. The van der Waals surface area contributed by atoms with Gasteiger partial charge < -0.3 is 25.9 Å². The van der Waals surface area contributed by atoms with E-state index >= 15 is 0 Å². The summed E-state index contributed by atoms with van der Waals surface area (Å²) in [5.41, 5.74) is 0.136. The number of likely N-dealkylation sites (N-methyl/N-ethyl adjacent to an activating group) is 1. The molecule has 1 aliphatic rings. The number of aliphatic hydroxyl groups is 1. The molecule has 0 amide bonds. The highest BCUT2D eigenvalue weighted by atomic mass is 19.4. The Morgan fingerprint density at radius 1 is 1.24 bits per heavy atom. The third kappa shape index (κ3) is 5.14. The van der Waals surface area contributed by atoms with E-state index in [1.807, 2.05) is 7.05 Å². The maximum absolute atomic E-state index is 12.9. The van der Waals surface area contributed by atoms with Gasteiger partial charge in [-0.25, -0.2) is 0 Å². The molecule has 0 saturated carbocycles. The zero-order valence-electron chi connectivity index (χ0n) is 16.2. The fourth-order valence-electron chi connectivity index (χ4n) is 3.54. The lowest BCUT2D eigenvalue weighted by atomic mass is 9.99. The van der Waals surface area contributed by atoms with Gasteiger partial charge in [0, 0.05) is 23.7 Å². The van der Waals surface area contributed by atoms with E-state index in [0.717, 1.165) is 32.0 Å². The number of hydrogen-bond acceptors (Lipinski definition) is 6. The molecule has 0 unspecified atom stereocenters. The predicted molar refractivity (Wildman–Crippen MR) is 103 cm³/mol. The van der Waals surface area contributed by atoms with Gasteiger partial charge in [-0.05, 0) is 57.1 Å². The van der Waals surface area contributed by atoms with Gasteiger partial charge in [0.15, 0.2) is 5.82 Å². The van der Waals surface area contributed by atoms with Gasteiger partial charge in [0.2, 0.25) is 0 Å². The molecule has 29 heavy (non-hydrogen) atoms. The van der Waals surface area contributed by atoms with Crippen LogP contribution in [0.2, 0.25) is 0 Å². The smallest absolute Gasteiger partial charge is 0.416 e. The van der Waals surface area contributed by atoms with E-state index in [1.54, 1.807) is 0 Å². The molecule has 0 radical (unpaired) electrons. The first kappa shape index (κ1) is 22.9. The van der Waals surface area contributed by atoms with Gasteiger partial charge in [-0.15, -0.1) is 10.2 Å². The molecule has 0 bridgehead atoms. The Kier molecular flexibility index (Phi) is 7.04. The second kappa shape index (κ2) is 8.93. The highest BCUT2D eigenvalue weighted by molar-refractivity contribution is 5.72. The second-order valence-electron chi connectivity index (χ2n) is 7.19. The summed E-state index contributed by atoms with van der Waals surface area (Å²) < 4.78 is 38.8. The number of benzene rings is 1. The number of alkyl halides is 3. The highest BCUT2D eigenvalue weighted by Crippen LogP contribution is 2.38. The van der Waals surface area contributed by atoms with Crippen molar-refractivity contribution in [1.82, 2.24) is 15.1 Å². The molecule has 160 valence electrons. The summed E-state index contributed by atoms with van der Waals surface area (Å²) in [4.78, 5) is 2.20. The van der Waals surface area contributed by atoms with Crippen LogP contribution < -0.4 is 5.32 Å². The summed E-state index contributed by atoms with van der Waals surface area (Å²) in [6, 6.07) is 3.34. The summed E-state index contributed by atoms with van der Waals surface area (Å²) >= 11 is 0. The number of nitrogens with zero attached hydrogens (tertiary/aromatic N) is 3. The lowest BCUT2D eigenvalue weighted by Crippen LogP contribution is -2.40. The number of aromatic hydroxyl groups is 1. The summed E-state index contributed by atoms with van der Waals surface area (Å²) in [6.45, 7) is 3.03. The molecule has 0 aliphatic carbocycles. The zero-order valence-corrected chi connectivity index (χ0v) is 16.2. The minimum absolute atomic E-state index is 0. The van der Waals surface area contributed by atoms with Crippen molar-refractivity contribution in [2.45, 2.75) is 38.6 Å². The van der Waals surface area contributed by atoms with E-state index in [0.29, 0.717) is 17.4 Å². The van der Waals surface area contributed by atoms with Crippen molar-refractivity contribution in [3.05, 3.63) is 34.9 Å². The monoisotopic (exact) mass is 414 g/mol. The Morgan fingerprint density at radius 2 is 1.97 bits per heavy atom. The number of halogens is 3. The third-order valence-electron chi connectivity index (χ3n) is 4.91. The number of aliphatic hydroxyl groups excluding tert-OH is 1. The molecule has 10 heteroatoms. The fourth-order valence-corrected chi connectivity index (χ4v) is 3.54. The predicted octanol–water partition coefficient (Wildman–Crippen LogP) is 2.35. The van der Waals surface area contributed by atoms with Crippen molar-refractivity contribution in [3.8, 4) is 17.0 Å². The fraction of sp³-hybridized carbons (Fsp3) is 0.474. The molecular formula is C19H25F3N4O3. The SMILES string of the molecule is Cc1cc(C(F)(F)F)cc(O)c1-c1cc(CO)c(N[C@@H]2CCCN(C)C2)nn1.O. The van der Waals surface area contributed by atoms with Gasteiger partial charge in [-0.2, -0.15) is 13.2 Å². The van der Waals surface area contributed by atoms with Gasteiger partial charge in [0.25, 0.3) is 0 Å². The topological polar surface area (TPSA) is 113 Å². The van der Waals surface area contributed by atoms with Crippen molar-refractivity contribution in [2.75, 3.05) is 25.5 Å². The van der Waals surface area contributed by atoms with Crippen LogP contribution in [-0.4, -0.2) is 57.0 Å². The van der Waals surface area contributed by atoms with Crippen LogP contribution in [0.15, 0.2) is 18.2 Å². The van der Waals surface area contributed by atoms with Crippen LogP contribution >= 0.6 is 0 Å². The Hall–Kier alpha value is -2.43. The molecule has 0 spiro atoms. The number of hydrogen-bond donors (Lipinski definition) is 3. The summed E-state index contributed by atoms with van der Waals surface area (Å²) in [6.07, 6.45) is -2.53. The number of phenols is 1. The first-order valence-electron chi connectivity index (χ1n) is 9.02. The van der Waals surface area contributed by atoms with Crippen molar-refractivity contribution in [3.63, 3.8) is 0 Å².